The minimum absolute atomic E-state index is 0.457. The van der Waals surface area contributed by atoms with E-state index in [1.165, 1.54) is 0 Å². The lowest BCUT2D eigenvalue weighted by Gasteiger charge is -2.11. The Hall–Kier alpha value is -1.48. The molecule has 0 fully saturated rings. The summed E-state index contributed by atoms with van der Waals surface area (Å²) >= 11 is 0. The minimum atomic E-state index is 0.457. The van der Waals surface area contributed by atoms with E-state index in [0.29, 0.717) is 13.2 Å². The molecule has 0 atom stereocenters. The van der Waals surface area contributed by atoms with Crippen molar-refractivity contribution in [3.63, 3.8) is 0 Å². The molecule has 0 unspecified atom stereocenters. The third kappa shape index (κ3) is 5.01. The van der Waals surface area contributed by atoms with Gasteiger partial charge in [-0.1, -0.05) is 0 Å². The van der Waals surface area contributed by atoms with Gasteiger partial charge >= 0.3 is 0 Å². The summed E-state index contributed by atoms with van der Waals surface area (Å²) in [5.74, 6) is 1.44. The molecule has 8 heteroatoms. The SMILES string of the molecule is COCc1cc(SSc2cc(COC)ncc2OC)c(OC)cn1. The lowest BCUT2D eigenvalue weighted by atomic mass is 10.3. The third-order valence-corrected chi connectivity index (χ3v) is 5.43. The van der Waals surface area contributed by atoms with E-state index in [9.17, 15) is 0 Å². The fraction of sp³-hybridized carbons (Fsp3) is 0.375. The summed E-state index contributed by atoms with van der Waals surface area (Å²) in [6, 6.07) is 3.92. The number of nitrogens with zero attached hydrogens (tertiary/aromatic N) is 2. The fourth-order valence-corrected chi connectivity index (χ4v) is 4.21. The highest BCUT2D eigenvalue weighted by Crippen LogP contribution is 2.44. The summed E-state index contributed by atoms with van der Waals surface area (Å²) in [4.78, 5) is 10.5. The maximum atomic E-state index is 5.38. The van der Waals surface area contributed by atoms with Crippen LogP contribution in [0.25, 0.3) is 0 Å². The highest BCUT2D eigenvalue weighted by molar-refractivity contribution is 8.76. The lowest BCUT2D eigenvalue weighted by molar-refractivity contribution is 0.181. The second kappa shape index (κ2) is 9.73. The molecule has 0 aliphatic rings. The van der Waals surface area contributed by atoms with Gasteiger partial charge in [-0.15, -0.1) is 0 Å². The number of ether oxygens (including phenoxy) is 4. The van der Waals surface area contributed by atoms with E-state index in [2.05, 4.69) is 9.97 Å². The molecule has 24 heavy (non-hydrogen) atoms. The molecule has 0 N–H and O–H groups in total. The molecule has 0 aliphatic heterocycles. The Morgan fingerprint density at radius 1 is 0.750 bits per heavy atom. The summed E-state index contributed by atoms with van der Waals surface area (Å²) in [7, 11) is 9.69. The maximum Gasteiger partial charge on any atom is 0.151 e. The molecule has 2 heterocycles. The van der Waals surface area contributed by atoms with E-state index in [0.717, 1.165) is 32.7 Å². The zero-order valence-electron chi connectivity index (χ0n) is 14.1. The van der Waals surface area contributed by atoms with Gasteiger partial charge in [0.1, 0.15) is 0 Å². The predicted molar refractivity (Wildman–Crippen MR) is 94.7 cm³/mol. The monoisotopic (exact) mass is 368 g/mol. The quantitative estimate of drug-likeness (QED) is 0.622. The van der Waals surface area contributed by atoms with Gasteiger partial charge in [-0.25, -0.2) is 0 Å². The van der Waals surface area contributed by atoms with Crippen LogP contribution in [0.4, 0.5) is 0 Å². The van der Waals surface area contributed by atoms with E-state index in [-0.39, 0.29) is 0 Å². The van der Waals surface area contributed by atoms with E-state index in [1.54, 1.807) is 62.4 Å². The zero-order valence-corrected chi connectivity index (χ0v) is 15.7. The molecular weight excluding hydrogens is 348 g/mol. The Labute approximate surface area is 149 Å². The van der Waals surface area contributed by atoms with E-state index in [1.807, 2.05) is 12.1 Å². The van der Waals surface area contributed by atoms with Crippen molar-refractivity contribution in [1.29, 1.82) is 0 Å². The molecule has 0 radical (unpaired) electrons. The first-order valence-corrected chi connectivity index (χ1v) is 9.25. The van der Waals surface area contributed by atoms with Crippen molar-refractivity contribution in [2.45, 2.75) is 23.0 Å². The van der Waals surface area contributed by atoms with Crippen LogP contribution in [0.5, 0.6) is 11.5 Å². The smallest absolute Gasteiger partial charge is 0.151 e. The van der Waals surface area contributed by atoms with Crippen LogP contribution in [0.3, 0.4) is 0 Å². The van der Waals surface area contributed by atoms with Crippen molar-refractivity contribution < 1.29 is 18.9 Å². The Balaban J connectivity index is 2.20. The van der Waals surface area contributed by atoms with Gasteiger partial charge in [0.05, 0.1) is 61.0 Å². The highest BCUT2D eigenvalue weighted by atomic mass is 33.1. The van der Waals surface area contributed by atoms with Crippen LogP contribution in [-0.4, -0.2) is 38.4 Å². The molecule has 6 nitrogen and oxygen atoms in total. The number of methoxy groups -OCH3 is 4. The third-order valence-electron chi connectivity index (χ3n) is 3.02. The van der Waals surface area contributed by atoms with Gasteiger partial charge in [0.15, 0.2) is 11.5 Å². The molecule has 2 aromatic heterocycles. The van der Waals surface area contributed by atoms with Crippen molar-refractivity contribution in [2.24, 2.45) is 0 Å². The van der Waals surface area contributed by atoms with Crippen LogP contribution in [0.2, 0.25) is 0 Å². The molecule has 0 aromatic carbocycles. The van der Waals surface area contributed by atoms with Crippen LogP contribution in [0.15, 0.2) is 34.3 Å². The first-order chi connectivity index (χ1) is 11.7. The molecule has 130 valence electrons. The van der Waals surface area contributed by atoms with Crippen molar-refractivity contribution >= 4 is 21.6 Å². The van der Waals surface area contributed by atoms with Crippen molar-refractivity contribution in [3.8, 4) is 11.5 Å². The molecule has 2 rings (SSSR count). The molecule has 0 aliphatic carbocycles. The number of hydrogen-bond donors (Lipinski definition) is 0. The van der Waals surface area contributed by atoms with Crippen molar-refractivity contribution in [3.05, 3.63) is 35.9 Å². The van der Waals surface area contributed by atoms with Gasteiger partial charge in [0, 0.05) is 14.2 Å². The average molecular weight is 368 g/mol. The largest absolute Gasteiger partial charge is 0.494 e. The summed E-state index contributed by atoms with van der Waals surface area (Å²) < 4.78 is 21.0. The lowest BCUT2D eigenvalue weighted by Crippen LogP contribution is -1.96. The molecule has 2 aromatic rings. The molecule has 0 bridgehead atoms. The first-order valence-electron chi connectivity index (χ1n) is 7.10. The maximum absolute atomic E-state index is 5.38. The number of rotatable bonds is 9. The van der Waals surface area contributed by atoms with Gasteiger partial charge < -0.3 is 18.9 Å². The predicted octanol–water partition coefficient (Wildman–Crippen LogP) is 3.59. The molecular formula is C16H20N2O4S2. The molecule has 0 spiro atoms. The Kier molecular flexibility index (Phi) is 7.64. The van der Waals surface area contributed by atoms with Crippen LogP contribution >= 0.6 is 21.6 Å². The summed E-state index contributed by atoms with van der Waals surface area (Å²) in [5, 5.41) is 0. The Bertz CT molecular complexity index is 613. The molecule has 0 amide bonds. The van der Waals surface area contributed by atoms with E-state index >= 15 is 0 Å². The minimum Gasteiger partial charge on any atom is -0.494 e. The highest BCUT2D eigenvalue weighted by Gasteiger charge is 2.12. The van der Waals surface area contributed by atoms with E-state index < -0.39 is 0 Å². The number of hydrogen-bond acceptors (Lipinski definition) is 8. The molecule has 0 saturated carbocycles. The van der Waals surface area contributed by atoms with Gasteiger partial charge in [0.2, 0.25) is 0 Å². The second-order valence-electron chi connectivity index (χ2n) is 4.69. The summed E-state index contributed by atoms with van der Waals surface area (Å²) in [6.45, 7) is 0.914. The summed E-state index contributed by atoms with van der Waals surface area (Å²) in [6.07, 6.45) is 3.41. The van der Waals surface area contributed by atoms with Crippen molar-refractivity contribution in [1.82, 2.24) is 9.97 Å². The van der Waals surface area contributed by atoms with Gasteiger partial charge in [-0.2, -0.15) is 0 Å². The standard InChI is InChI=1S/C16H20N2O4S2/c1-19-9-11-5-15(13(21-3)7-17-11)23-24-16-6-12(10-20-2)18-8-14(16)22-4/h5-8H,9-10H2,1-4H3. The van der Waals surface area contributed by atoms with Crippen LogP contribution in [-0.2, 0) is 22.7 Å². The van der Waals surface area contributed by atoms with Gasteiger partial charge in [-0.3, -0.25) is 9.97 Å². The zero-order chi connectivity index (χ0) is 17.4. The molecule has 0 saturated heterocycles. The summed E-state index contributed by atoms with van der Waals surface area (Å²) in [5.41, 5.74) is 1.70. The average Bonchev–Trinajstić information content (AvgIpc) is 2.61. The number of pyridine rings is 2. The number of aromatic nitrogens is 2. The van der Waals surface area contributed by atoms with E-state index in [4.69, 9.17) is 18.9 Å². The van der Waals surface area contributed by atoms with Crippen LogP contribution in [0, 0.1) is 0 Å². The Morgan fingerprint density at radius 3 is 1.50 bits per heavy atom. The topological polar surface area (TPSA) is 62.7 Å². The normalized spacial score (nSPS) is 10.7. The Morgan fingerprint density at radius 2 is 1.17 bits per heavy atom. The second-order valence-corrected chi connectivity index (χ2v) is 6.90. The van der Waals surface area contributed by atoms with Crippen molar-refractivity contribution in [2.75, 3.05) is 28.4 Å². The van der Waals surface area contributed by atoms with Crippen LogP contribution in [0.1, 0.15) is 11.4 Å². The van der Waals surface area contributed by atoms with Crippen LogP contribution < -0.4 is 9.47 Å². The fourth-order valence-electron chi connectivity index (χ4n) is 1.91. The van der Waals surface area contributed by atoms with Gasteiger partial charge in [0.25, 0.3) is 0 Å². The van der Waals surface area contributed by atoms with Gasteiger partial charge in [-0.05, 0) is 33.7 Å². The first kappa shape index (κ1) is 18.9.